The van der Waals surface area contributed by atoms with Crippen molar-refractivity contribution in [2.45, 2.75) is 25.7 Å². The monoisotopic (exact) mass is 274 g/mol. The van der Waals surface area contributed by atoms with Gasteiger partial charge in [-0.25, -0.2) is 0 Å². The van der Waals surface area contributed by atoms with Crippen LogP contribution in [0.1, 0.15) is 12.6 Å². The Kier molecular flexibility index (Phi) is 3.74. The Morgan fingerprint density at radius 3 is 2.95 bits per heavy atom. The van der Waals surface area contributed by atoms with E-state index in [9.17, 15) is 0 Å². The zero-order valence-electron chi connectivity index (χ0n) is 12.1. The lowest BCUT2D eigenvalue weighted by atomic mass is 10.1. The van der Waals surface area contributed by atoms with E-state index in [0.717, 1.165) is 25.3 Å². The van der Waals surface area contributed by atoms with Crippen LogP contribution < -0.4 is 5.73 Å². The molecule has 1 aromatic heterocycles. The van der Waals surface area contributed by atoms with Crippen molar-refractivity contribution >= 4 is 10.9 Å². The molecule has 5 nitrogen and oxygen atoms in total. The minimum atomic E-state index is 0.133. The van der Waals surface area contributed by atoms with Crippen LogP contribution in [-0.2, 0) is 18.3 Å². The Morgan fingerprint density at radius 1 is 1.35 bits per heavy atom. The van der Waals surface area contributed by atoms with E-state index in [1.165, 1.54) is 10.9 Å². The van der Waals surface area contributed by atoms with Crippen molar-refractivity contribution < 1.29 is 4.74 Å². The molecule has 20 heavy (non-hydrogen) atoms. The molecule has 1 saturated heterocycles. The van der Waals surface area contributed by atoms with E-state index in [4.69, 9.17) is 10.5 Å². The fourth-order valence-corrected chi connectivity index (χ4v) is 3.02. The number of para-hydroxylation sites is 1. The van der Waals surface area contributed by atoms with Crippen LogP contribution in [0, 0.1) is 0 Å². The Morgan fingerprint density at radius 2 is 2.15 bits per heavy atom. The van der Waals surface area contributed by atoms with E-state index >= 15 is 0 Å². The third kappa shape index (κ3) is 2.57. The lowest BCUT2D eigenvalue weighted by Gasteiger charge is -2.36. The summed E-state index contributed by atoms with van der Waals surface area (Å²) in [7, 11) is 2.00. The number of nitrogens with two attached hydrogens (primary N) is 1. The fraction of sp³-hybridized carbons (Fsp3) is 0.533. The quantitative estimate of drug-likeness (QED) is 0.911. The molecule has 0 bridgehead atoms. The third-order valence-electron chi connectivity index (χ3n) is 3.87. The highest BCUT2D eigenvalue weighted by Crippen LogP contribution is 2.20. The number of rotatable bonds is 3. The summed E-state index contributed by atoms with van der Waals surface area (Å²) in [6, 6.07) is 8.37. The Labute approximate surface area is 119 Å². The van der Waals surface area contributed by atoms with Gasteiger partial charge in [0, 0.05) is 38.6 Å². The molecule has 0 amide bonds. The van der Waals surface area contributed by atoms with Crippen LogP contribution in [0.3, 0.4) is 0 Å². The Balaban J connectivity index is 1.82. The molecular weight excluding hydrogens is 252 g/mol. The molecule has 2 heterocycles. The molecule has 108 valence electrons. The number of benzene rings is 1. The van der Waals surface area contributed by atoms with E-state index in [0.29, 0.717) is 6.54 Å². The predicted molar refractivity (Wildman–Crippen MR) is 79.4 cm³/mol. The summed E-state index contributed by atoms with van der Waals surface area (Å²) >= 11 is 0. The first-order valence-electron chi connectivity index (χ1n) is 7.16. The summed E-state index contributed by atoms with van der Waals surface area (Å²) in [6.07, 6.45) is 0.362. The zero-order chi connectivity index (χ0) is 14.1. The van der Waals surface area contributed by atoms with E-state index < -0.39 is 0 Å². The first-order valence-corrected chi connectivity index (χ1v) is 7.16. The molecule has 5 heteroatoms. The first kappa shape index (κ1) is 13.5. The lowest BCUT2D eigenvalue weighted by molar-refractivity contribution is -0.0747. The van der Waals surface area contributed by atoms with Crippen LogP contribution in [0.4, 0.5) is 0 Å². The Hall–Kier alpha value is -1.43. The summed E-state index contributed by atoms with van der Waals surface area (Å²) in [5, 5.41) is 5.90. The molecule has 0 radical (unpaired) electrons. The standard InChI is InChI=1S/C15H22N4O/c1-11-8-19(9-12(7-16)20-11)10-14-13-5-3-4-6-15(13)18(2)17-14/h3-6,11-12H,7-10,16H2,1-2H3. The average molecular weight is 274 g/mol. The maximum Gasteiger partial charge on any atom is 0.0843 e. The van der Waals surface area contributed by atoms with Crippen molar-refractivity contribution in [1.29, 1.82) is 0 Å². The summed E-state index contributed by atoms with van der Waals surface area (Å²) in [5.74, 6) is 0. The van der Waals surface area contributed by atoms with Crippen LogP contribution in [0.2, 0.25) is 0 Å². The van der Waals surface area contributed by atoms with Crippen molar-refractivity contribution in [3.05, 3.63) is 30.0 Å². The predicted octanol–water partition coefficient (Wildman–Crippen LogP) is 1.12. The van der Waals surface area contributed by atoms with Gasteiger partial charge in [0.25, 0.3) is 0 Å². The van der Waals surface area contributed by atoms with Gasteiger partial charge in [0.05, 0.1) is 23.4 Å². The maximum atomic E-state index is 5.80. The first-order chi connectivity index (χ1) is 9.67. The molecule has 0 aliphatic carbocycles. The Bertz CT molecular complexity index is 595. The molecule has 0 saturated carbocycles. The number of aryl methyl sites for hydroxylation is 1. The number of nitrogens with zero attached hydrogens (tertiary/aromatic N) is 3. The molecule has 2 aromatic rings. The van der Waals surface area contributed by atoms with Gasteiger partial charge in [0.1, 0.15) is 0 Å². The van der Waals surface area contributed by atoms with Crippen molar-refractivity contribution in [1.82, 2.24) is 14.7 Å². The number of morpholine rings is 1. The van der Waals surface area contributed by atoms with Gasteiger partial charge in [-0.2, -0.15) is 5.10 Å². The SMILES string of the molecule is CC1CN(Cc2nn(C)c3ccccc23)CC(CN)O1. The van der Waals surface area contributed by atoms with Crippen molar-refractivity contribution in [3.63, 3.8) is 0 Å². The molecule has 0 spiro atoms. The van der Waals surface area contributed by atoms with E-state index in [-0.39, 0.29) is 12.2 Å². The van der Waals surface area contributed by atoms with E-state index in [1.54, 1.807) is 0 Å². The smallest absolute Gasteiger partial charge is 0.0843 e. The third-order valence-corrected chi connectivity index (χ3v) is 3.87. The van der Waals surface area contributed by atoms with Gasteiger partial charge in [-0.15, -0.1) is 0 Å². The molecular formula is C15H22N4O. The molecule has 3 rings (SSSR count). The molecule has 1 aliphatic rings. The van der Waals surface area contributed by atoms with Gasteiger partial charge in [0.2, 0.25) is 0 Å². The summed E-state index contributed by atoms with van der Waals surface area (Å²) < 4.78 is 7.76. The summed E-state index contributed by atoms with van der Waals surface area (Å²) in [4.78, 5) is 2.39. The number of ether oxygens (including phenoxy) is 1. The molecule has 2 N–H and O–H groups in total. The van der Waals surface area contributed by atoms with Gasteiger partial charge in [-0.1, -0.05) is 18.2 Å². The second-order valence-corrected chi connectivity index (χ2v) is 5.59. The van der Waals surface area contributed by atoms with Gasteiger partial charge in [-0.05, 0) is 13.0 Å². The van der Waals surface area contributed by atoms with Gasteiger partial charge < -0.3 is 10.5 Å². The van der Waals surface area contributed by atoms with E-state index in [2.05, 4.69) is 41.2 Å². The number of hydrogen-bond donors (Lipinski definition) is 1. The number of fused-ring (bicyclic) bond motifs is 1. The van der Waals surface area contributed by atoms with Crippen molar-refractivity contribution in [3.8, 4) is 0 Å². The highest BCUT2D eigenvalue weighted by Gasteiger charge is 2.25. The van der Waals surface area contributed by atoms with Gasteiger partial charge in [-0.3, -0.25) is 9.58 Å². The molecule has 1 aromatic carbocycles. The van der Waals surface area contributed by atoms with Crippen LogP contribution in [0.15, 0.2) is 24.3 Å². The van der Waals surface area contributed by atoms with Crippen LogP contribution in [0.5, 0.6) is 0 Å². The summed E-state index contributed by atoms with van der Waals surface area (Å²) in [6.45, 7) is 5.34. The topological polar surface area (TPSA) is 56.3 Å². The highest BCUT2D eigenvalue weighted by molar-refractivity contribution is 5.81. The maximum absolute atomic E-state index is 5.80. The second kappa shape index (κ2) is 5.52. The molecule has 1 aliphatic heterocycles. The van der Waals surface area contributed by atoms with Gasteiger partial charge >= 0.3 is 0 Å². The van der Waals surface area contributed by atoms with Crippen LogP contribution in [0.25, 0.3) is 10.9 Å². The molecule has 1 fully saturated rings. The minimum Gasteiger partial charge on any atom is -0.371 e. The second-order valence-electron chi connectivity index (χ2n) is 5.59. The van der Waals surface area contributed by atoms with Crippen molar-refractivity contribution in [2.75, 3.05) is 19.6 Å². The minimum absolute atomic E-state index is 0.133. The zero-order valence-corrected chi connectivity index (χ0v) is 12.1. The van der Waals surface area contributed by atoms with Crippen molar-refractivity contribution in [2.24, 2.45) is 12.8 Å². The van der Waals surface area contributed by atoms with Crippen LogP contribution in [-0.4, -0.2) is 46.5 Å². The molecule has 2 unspecified atom stereocenters. The van der Waals surface area contributed by atoms with Crippen LogP contribution >= 0.6 is 0 Å². The van der Waals surface area contributed by atoms with E-state index in [1.807, 2.05) is 11.7 Å². The lowest BCUT2D eigenvalue weighted by Crippen LogP contribution is -2.48. The number of hydrogen-bond acceptors (Lipinski definition) is 4. The summed E-state index contributed by atoms with van der Waals surface area (Å²) in [5.41, 5.74) is 8.06. The normalized spacial score (nSPS) is 24.4. The molecule has 2 atom stereocenters. The highest BCUT2D eigenvalue weighted by atomic mass is 16.5. The largest absolute Gasteiger partial charge is 0.371 e. The average Bonchev–Trinajstić information content (AvgIpc) is 2.75. The van der Waals surface area contributed by atoms with Gasteiger partial charge in [0.15, 0.2) is 0 Å². The fourth-order valence-electron chi connectivity index (χ4n) is 3.02. The number of aromatic nitrogens is 2.